The quantitative estimate of drug-likeness (QED) is 0.155. The van der Waals surface area contributed by atoms with Crippen LogP contribution in [0.3, 0.4) is 0 Å². The van der Waals surface area contributed by atoms with Crippen molar-refractivity contribution >= 4 is 34.9 Å². The maximum atomic E-state index is 12.8. The van der Waals surface area contributed by atoms with Gasteiger partial charge in [0.1, 0.15) is 5.82 Å². The monoisotopic (exact) mass is 542 g/mol. The van der Waals surface area contributed by atoms with Gasteiger partial charge in [-0.3, -0.25) is 9.59 Å². The molecule has 0 atom stereocenters. The summed E-state index contributed by atoms with van der Waals surface area (Å²) in [5.41, 5.74) is 1.82. The van der Waals surface area contributed by atoms with Gasteiger partial charge in [-0.2, -0.15) is 4.98 Å². The van der Waals surface area contributed by atoms with E-state index in [0.717, 1.165) is 74.9 Å². The molecular formula is C32H42N6O2. The van der Waals surface area contributed by atoms with Crippen LogP contribution in [0.4, 0.5) is 11.8 Å². The van der Waals surface area contributed by atoms with Gasteiger partial charge in [-0.15, -0.1) is 0 Å². The van der Waals surface area contributed by atoms with Crippen LogP contribution in [-0.2, 0) is 0 Å². The van der Waals surface area contributed by atoms with Gasteiger partial charge in [0.15, 0.2) is 6.29 Å². The number of carbonyl (C=O) groups is 2. The maximum absolute atomic E-state index is 12.8. The summed E-state index contributed by atoms with van der Waals surface area (Å²) in [5, 5.41) is 8.13. The van der Waals surface area contributed by atoms with E-state index < -0.39 is 0 Å². The van der Waals surface area contributed by atoms with Crippen LogP contribution in [0, 0.1) is 0 Å². The molecule has 0 unspecified atom stereocenters. The first kappa shape index (κ1) is 29.2. The minimum Gasteiger partial charge on any atom is -0.367 e. The molecule has 0 spiro atoms. The summed E-state index contributed by atoms with van der Waals surface area (Å²) in [6, 6.07) is 15.4. The number of rotatable bonds is 14. The van der Waals surface area contributed by atoms with E-state index in [1.807, 2.05) is 18.2 Å². The summed E-state index contributed by atoms with van der Waals surface area (Å²) in [6.45, 7) is 6.33. The number of benzene rings is 2. The highest BCUT2D eigenvalue weighted by Gasteiger charge is 2.22. The van der Waals surface area contributed by atoms with Gasteiger partial charge in [0.2, 0.25) is 5.95 Å². The van der Waals surface area contributed by atoms with Crippen molar-refractivity contribution in [2.45, 2.75) is 51.5 Å². The van der Waals surface area contributed by atoms with Crippen LogP contribution in [0.1, 0.15) is 66.2 Å². The van der Waals surface area contributed by atoms with Crippen molar-refractivity contribution in [3.05, 3.63) is 71.8 Å². The Bertz CT molecular complexity index is 1290. The number of anilines is 2. The second-order valence-electron chi connectivity index (χ2n) is 10.4. The minimum atomic E-state index is -0.119. The van der Waals surface area contributed by atoms with Crippen LogP contribution in [0.2, 0.25) is 0 Å². The fourth-order valence-corrected chi connectivity index (χ4v) is 4.98. The number of hydrogen-bond donors (Lipinski definition) is 2. The number of para-hydroxylation sites is 1. The predicted octanol–water partition coefficient (Wildman–Crippen LogP) is 5.64. The lowest BCUT2D eigenvalue weighted by molar-refractivity contribution is 0.0768. The number of carbonyl (C=O) groups excluding carboxylic acids is 2. The zero-order valence-electron chi connectivity index (χ0n) is 23.8. The lowest BCUT2D eigenvalue weighted by Gasteiger charge is -2.33. The third-order valence-electron chi connectivity index (χ3n) is 7.43. The highest BCUT2D eigenvalue weighted by atomic mass is 16.2. The summed E-state index contributed by atoms with van der Waals surface area (Å²) < 4.78 is 0. The standard InChI is InChI=1S/C32H42N6O2/c1-3-4-5-6-7-12-19-33-32-35-29-16-11-10-15-28(29)30(36-32)34-26-17-20-38(21-18-26)23-22-37(2)31(40)27-14-9-8-13-25(27)24-39/h6-11,13-16,24,26H,3-5,12,17-23H2,1-2H3,(H2,33,34,35,36)/b7-6+. The molecule has 0 bridgehead atoms. The Morgan fingerprint density at radius 2 is 1.80 bits per heavy atom. The van der Waals surface area contributed by atoms with Crippen molar-refractivity contribution in [3.63, 3.8) is 0 Å². The van der Waals surface area contributed by atoms with Crippen molar-refractivity contribution in [2.24, 2.45) is 0 Å². The molecule has 1 fully saturated rings. The minimum absolute atomic E-state index is 0.119. The number of unbranched alkanes of at least 4 members (excludes halogenated alkanes) is 2. The second-order valence-corrected chi connectivity index (χ2v) is 10.4. The molecule has 2 heterocycles. The number of likely N-dealkylation sites (tertiary alicyclic amines) is 1. The Balaban J connectivity index is 1.28. The molecule has 1 aliphatic heterocycles. The number of likely N-dealkylation sites (N-methyl/N-ethyl adjacent to an activating group) is 1. The highest BCUT2D eigenvalue weighted by Crippen LogP contribution is 2.24. The van der Waals surface area contributed by atoms with Gasteiger partial charge < -0.3 is 20.4 Å². The van der Waals surface area contributed by atoms with Crippen molar-refractivity contribution in [3.8, 4) is 0 Å². The Morgan fingerprint density at radius 1 is 1.05 bits per heavy atom. The van der Waals surface area contributed by atoms with E-state index in [4.69, 9.17) is 9.97 Å². The molecule has 40 heavy (non-hydrogen) atoms. The van der Waals surface area contributed by atoms with E-state index >= 15 is 0 Å². The van der Waals surface area contributed by atoms with E-state index in [9.17, 15) is 9.59 Å². The van der Waals surface area contributed by atoms with Crippen LogP contribution in [0.15, 0.2) is 60.7 Å². The zero-order chi connectivity index (χ0) is 28.2. The molecule has 1 saturated heterocycles. The number of hydrogen-bond acceptors (Lipinski definition) is 7. The van der Waals surface area contributed by atoms with Crippen molar-refractivity contribution < 1.29 is 9.59 Å². The van der Waals surface area contributed by atoms with E-state index in [1.165, 1.54) is 12.8 Å². The smallest absolute Gasteiger partial charge is 0.254 e. The van der Waals surface area contributed by atoms with E-state index in [1.54, 1.807) is 36.2 Å². The van der Waals surface area contributed by atoms with Crippen LogP contribution in [-0.4, -0.2) is 77.8 Å². The topological polar surface area (TPSA) is 90.5 Å². The number of piperidine rings is 1. The van der Waals surface area contributed by atoms with E-state index in [0.29, 0.717) is 29.7 Å². The lowest BCUT2D eigenvalue weighted by Crippen LogP contribution is -2.43. The molecule has 0 radical (unpaired) electrons. The molecule has 8 heteroatoms. The number of allylic oxidation sites excluding steroid dienone is 1. The number of aromatic nitrogens is 2. The Labute approximate surface area is 237 Å². The van der Waals surface area contributed by atoms with Gasteiger partial charge in [-0.1, -0.05) is 62.2 Å². The molecule has 1 aliphatic rings. The van der Waals surface area contributed by atoms with Crippen LogP contribution in [0.25, 0.3) is 10.9 Å². The molecule has 0 saturated carbocycles. The molecule has 2 aromatic carbocycles. The third-order valence-corrected chi connectivity index (χ3v) is 7.43. The normalized spacial score (nSPS) is 14.4. The van der Waals surface area contributed by atoms with Crippen LogP contribution in [0.5, 0.6) is 0 Å². The van der Waals surface area contributed by atoms with Crippen molar-refractivity contribution in [2.75, 3.05) is 50.4 Å². The van der Waals surface area contributed by atoms with Gasteiger partial charge in [0.05, 0.1) is 11.1 Å². The number of aldehydes is 1. The molecule has 0 aliphatic carbocycles. The summed E-state index contributed by atoms with van der Waals surface area (Å²) in [5.74, 6) is 1.42. The number of fused-ring (bicyclic) bond motifs is 1. The fraction of sp³-hybridized carbons (Fsp3) is 0.438. The molecule has 2 N–H and O–H groups in total. The molecule has 1 amide bonds. The molecule has 3 aromatic rings. The Hall–Kier alpha value is -3.78. The maximum Gasteiger partial charge on any atom is 0.254 e. The molecule has 1 aromatic heterocycles. The van der Waals surface area contributed by atoms with Gasteiger partial charge >= 0.3 is 0 Å². The number of nitrogens with one attached hydrogen (secondary N) is 2. The number of amides is 1. The Morgan fingerprint density at radius 3 is 2.60 bits per heavy atom. The predicted molar refractivity (Wildman–Crippen MR) is 163 cm³/mol. The average Bonchev–Trinajstić information content (AvgIpc) is 2.99. The number of nitrogens with zero attached hydrogens (tertiary/aromatic N) is 4. The van der Waals surface area contributed by atoms with Gasteiger partial charge in [-0.05, 0) is 43.9 Å². The summed E-state index contributed by atoms with van der Waals surface area (Å²) in [4.78, 5) is 37.8. The molecule has 8 nitrogen and oxygen atoms in total. The highest BCUT2D eigenvalue weighted by molar-refractivity contribution is 6.01. The zero-order valence-corrected chi connectivity index (χ0v) is 23.8. The first-order valence-electron chi connectivity index (χ1n) is 14.5. The first-order valence-corrected chi connectivity index (χ1v) is 14.5. The molecular weight excluding hydrogens is 500 g/mol. The van der Waals surface area contributed by atoms with Crippen LogP contribution >= 0.6 is 0 Å². The Kier molecular flexibility index (Phi) is 11.0. The van der Waals surface area contributed by atoms with E-state index in [2.05, 4.69) is 40.7 Å². The van der Waals surface area contributed by atoms with E-state index in [-0.39, 0.29) is 5.91 Å². The van der Waals surface area contributed by atoms with Gasteiger partial charge in [-0.25, -0.2) is 4.98 Å². The fourth-order valence-electron chi connectivity index (χ4n) is 4.98. The first-order chi connectivity index (χ1) is 19.6. The largest absolute Gasteiger partial charge is 0.367 e. The van der Waals surface area contributed by atoms with Crippen molar-refractivity contribution in [1.82, 2.24) is 19.8 Å². The third kappa shape index (κ3) is 8.11. The summed E-state index contributed by atoms with van der Waals surface area (Å²) >= 11 is 0. The van der Waals surface area contributed by atoms with Crippen molar-refractivity contribution in [1.29, 1.82) is 0 Å². The summed E-state index contributed by atoms with van der Waals surface area (Å²) in [6.07, 6.45) is 11.8. The molecule has 212 valence electrons. The second kappa shape index (κ2) is 15.1. The van der Waals surface area contributed by atoms with Gasteiger partial charge in [0.25, 0.3) is 5.91 Å². The SMILES string of the molecule is CCCC/C=C/CCNc1nc(NC2CCN(CCN(C)C(=O)c3ccccc3C=O)CC2)c2ccccc2n1. The molecule has 4 rings (SSSR count). The average molecular weight is 543 g/mol. The summed E-state index contributed by atoms with van der Waals surface area (Å²) in [7, 11) is 1.80. The van der Waals surface area contributed by atoms with Crippen LogP contribution < -0.4 is 10.6 Å². The lowest BCUT2D eigenvalue weighted by atomic mass is 10.0. The van der Waals surface area contributed by atoms with Gasteiger partial charge in [0, 0.05) is 56.8 Å².